The van der Waals surface area contributed by atoms with Gasteiger partial charge in [0.05, 0.1) is 34.3 Å². The molecule has 1 heterocycles. The number of unbranched alkanes of at least 4 members (excludes halogenated alkanes) is 9. The molecule has 4 rings (SSSR count). The molecule has 0 radical (unpaired) electrons. The van der Waals surface area contributed by atoms with Crippen LogP contribution in [0, 0.1) is 0 Å². The van der Waals surface area contributed by atoms with Gasteiger partial charge in [0.2, 0.25) is 0 Å². The van der Waals surface area contributed by atoms with Gasteiger partial charge in [-0.1, -0.05) is 111 Å². The van der Waals surface area contributed by atoms with Gasteiger partial charge in [0.1, 0.15) is 23.0 Å². The summed E-state index contributed by atoms with van der Waals surface area (Å²) in [5.41, 5.74) is 4.07. The molecule has 1 fully saturated rings. The number of methoxy groups -OCH3 is 1. The molecule has 1 unspecified atom stereocenters. The number of anilines is 2. The van der Waals surface area contributed by atoms with Crippen LogP contribution in [0.15, 0.2) is 59.6 Å². The third-order valence-electron chi connectivity index (χ3n) is 7.93. The molecule has 0 saturated carbocycles. The Morgan fingerprint density at radius 2 is 1.46 bits per heavy atom. The van der Waals surface area contributed by atoms with Gasteiger partial charge in [0.25, 0.3) is 11.8 Å². The molecule has 2 amide bonds. The summed E-state index contributed by atoms with van der Waals surface area (Å²) in [5.74, 6) is 1.01. The van der Waals surface area contributed by atoms with Crippen LogP contribution in [-0.2, 0) is 9.59 Å². The number of nitrogens with one attached hydrogen (secondary N) is 2. The number of benzene rings is 3. The number of amidine groups is 1. The molecular weight excluding hydrogens is 694 g/mol. The maximum absolute atomic E-state index is 13.6. The average Bonchev–Trinajstić information content (AvgIpc) is 3.41. The van der Waals surface area contributed by atoms with Gasteiger partial charge in [0.15, 0.2) is 6.10 Å². The molecule has 48 heavy (non-hydrogen) atoms. The number of carbonyl (C=O) groups is 2. The van der Waals surface area contributed by atoms with Gasteiger partial charge < -0.3 is 14.8 Å². The van der Waals surface area contributed by atoms with Crippen LogP contribution in [-0.4, -0.2) is 30.9 Å². The summed E-state index contributed by atoms with van der Waals surface area (Å²) >= 11 is 25.2. The van der Waals surface area contributed by atoms with Crippen molar-refractivity contribution in [1.82, 2.24) is 5.43 Å². The molecule has 0 aliphatic carbocycles. The predicted octanol–water partition coefficient (Wildman–Crippen LogP) is 11.0. The van der Waals surface area contributed by atoms with Crippen molar-refractivity contribution in [2.75, 3.05) is 17.4 Å². The third-order valence-corrected chi connectivity index (χ3v) is 9.05. The molecule has 3 aromatic rings. The SMILES string of the molecule is CCCCCCCCCCCCC(Oc1ccc(OC)cc1)C(=O)Nc1ccc(Cl)c(N=C2CC(=O)N(c3c(Cl)cc(Cl)cc3Cl)N2)c1. The molecule has 0 aromatic heterocycles. The van der Waals surface area contributed by atoms with E-state index in [1.807, 2.05) is 0 Å². The van der Waals surface area contributed by atoms with Crippen LogP contribution in [0.1, 0.15) is 84.0 Å². The lowest BCUT2D eigenvalue weighted by Gasteiger charge is -2.20. The number of carbonyl (C=O) groups excluding carboxylic acids is 2. The molecule has 1 atom stereocenters. The Bertz CT molecular complexity index is 1550. The van der Waals surface area contributed by atoms with E-state index in [2.05, 4.69) is 22.7 Å². The predicted molar refractivity (Wildman–Crippen MR) is 198 cm³/mol. The lowest BCUT2D eigenvalue weighted by molar-refractivity contribution is -0.123. The van der Waals surface area contributed by atoms with E-state index in [4.69, 9.17) is 55.9 Å². The number of amides is 2. The maximum Gasteiger partial charge on any atom is 0.265 e. The normalized spacial score (nSPS) is 14.2. The number of aliphatic imine (C=N–C) groups is 1. The van der Waals surface area contributed by atoms with Gasteiger partial charge in [-0.05, 0) is 67.4 Å². The molecule has 1 aliphatic heterocycles. The van der Waals surface area contributed by atoms with Crippen molar-refractivity contribution in [3.8, 4) is 11.5 Å². The van der Waals surface area contributed by atoms with Crippen LogP contribution in [0.2, 0.25) is 20.1 Å². The number of rotatable bonds is 18. The Morgan fingerprint density at radius 3 is 2.08 bits per heavy atom. The minimum atomic E-state index is -0.713. The highest BCUT2D eigenvalue weighted by atomic mass is 35.5. The second kappa shape index (κ2) is 19.1. The van der Waals surface area contributed by atoms with Gasteiger partial charge >= 0.3 is 0 Å². The van der Waals surface area contributed by atoms with Crippen LogP contribution in [0.3, 0.4) is 0 Å². The Hall–Kier alpha value is -3.17. The van der Waals surface area contributed by atoms with E-state index >= 15 is 0 Å². The van der Waals surface area contributed by atoms with Crippen molar-refractivity contribution < 1.29 is 19.1 Å². The standard InChI is InChI=1S/C36H42Cl4N4O4/c1-3-4-5-6-7-8-9-10-11-12-13-32(48-27-17-15-26(47-2)16-18-27)36(46)41-25-14-19-28(38)31(22-25)42-33-23-34(45)44(43-33)35-29(39)20-24(37)21-30(35)40/h14-22,32H,3-13,23H2,1-2H3,(H,41,46)(H,42,43). The van der Waals surface area contributed by atoms with E-state index in [0.717, 1.165) is 19.3 Å². The van der Waals surface area contributed by atoms with Crippen LogP contribution in [0.25, 0.3) is 0 Å². The Balaban J connectivity index is 1.40. The fraction of sp³-hybridized carbons (Fsp3) is 0.417. The van der Waals surface area contributed by atoms with E-state index < -0.39 is 6.10 Å². The third kappa shape index (κ3) is 11.2. The van der Waals surface area contributed by atoms with Crippen molar-refractivity contribution in [2.24, 2.45) is 4.99 Å². The van der Waals surface area contributed by atoms with E-state index in [-0.39, 0.29) is 34.0 Å². The number of hydrazine groups is 1. The van der Waals surface area contributed by atoms with Crippen LogP contribution < -0.4 is 25.2 Å². The highest BCUT2D eigenvalue weighted by Gasteiger charge is 2.30. The Morgan fingerprint density at radius 1 is 0.854 bits per heavy atom. The zero-order valence-corrected chi connectivity index (χ0v) is 30.3. The largest absolute Gasteiger partial charge is 0.497 e. The highest BCUT2D eigenvalue weighted by Crippen LogP contribution is 2.38. The molecule has 0 spiro atoms. The quantitative estimate of drug-likeness (QED) is 0.127. The fourth-order valence-electron chi connectivity index (χ4n) is 5.37. The summed E-state index contributed by atoms with van der Waals surface area (Å²) in [6.45, 7) is 2.23. The van der Waals surface area contributed by atoms with Gasteiger partial charge in [-0.15, -0.1) is 0 Å². The Kier molecular flexibility index (Phi) is 15.0. The lowest BCUT2D eigenvalue weighted by atomic mass is 10.0. The van der Waals surface area contributed by atoms with Crippen LogP contribution in [0.4, 0.5) is 17.1 Å². The number of hydrogen-bond acceptors (Lipinski definition) is 5. The van der Waals surface area contributed by atoms with Crippen molar-refractivity contribution in [2.45, 2.75) is 90.1 Å². The topological polar surface area (TPSA) is 92.3 Å². The second-order valence-electron chi connectivity index (χ2n) is 11.7. The van der Waals surface area contributed by atoms with Crippen LogP contribution in [0.5, 0.6) is 11.5 Å². The van der Waals surface area contributed by atoms with Crippen LogP contribution >= 0.6 is 46.4 Å². The minimum Gasteiger partial charge on any atom is -0.497 e. The average molecular weight is 737 g/mol. The van der Waals surface area contributed by atoms with Gasteiger partial charge in [-0.2, -0.15) is 0 Å². The molecule has 12 heteroatoms. The number of hydrogen-bond donors (Lipinski definition) is 2. The first-order valence-corrected chi connectivity index (χ1v) is 17.9. The zero-order chi connectivity index (χ0) is 34.5. The summed E-state index contributed by atoms with van der Waals surface area (Å²) in [6.07, 6.45) is 11.8. The molecule has 3 aromatic carbocycles. The second-order valence-corrected chi connectivity index (χ2v) is 13.4. The van der Waals surface area contributed by atoms with E-state index in [1.165, 1.54) is 62.1 Å². The summed E-state index contributed by atoms with van der Waals surface area (Å²) in [7, 11) is 1.60. The number of halogens is 4. The van der Waals surface area contributed by atoms with Crippen molar-refractivity contribution in [1.29, 1.82) is 0 Å². The lowest BCUT2D eigenvalue weighted by Crippen LogP contribution is -2.36. The van der Waals surface area contributed by atoms with Gasteiger partial charge in [-0.3, -0.25) is 15.0 Å². The van der Waals surface area contributed by atoms with E-state index in [9.17, 15) is 9.59 Å². The van der Waals surface area contributed by atoms with Gasteiger partial charge in [0, 0.05) is 10.7 Å². The van der Waals surface area contributed by atoms with Crippen molar-refractivity contribution in [3.05, 3.63) is 74.7 Å². The van der Waals surface area contributed by atoms with Crippen molar-refractivity contribution in [3.63, 3.8) is 0 Å². The number of nitrogens with zero attached hydrogens (tertiary/aromatic N) is 2. The monoisotopic (exact) mass is 734 g/mol. The summed E-state index contributed by atoms with van der Waals surface area (Å²) in [5, 5.41) is 5.30. The smallest absolute Gasteiger partial charge is 0.265 e. The summed E-state index contributed by atoms with van der Waals surface area (Å²) in [6, 6.07) is 15.2. The van der Waals surface area contributed by atoms with Crippen molar-refractivity contribution >= 4 is 81.1 Å². The number of ether oxygens (including phenoxy) is 2. The molecule has 0 bridgehead atoms. The zero-order valence-electron chi connectivity index (χ0n) is 27.3. The maximum atomic E-state index is 13.6. The molecular formula is C36H42Cl4N4O4. The highest BCUT2D eigenvalue weighted by molar-refractivity contribution is 6.42. The first kappa shape index (κ1) is 37.6. The molecule has 1 saturated heterocycles. The molecule has 1 aliphatic rings. The molecule has 8 nitrogen and oxygen atoms in total. The summed E-state index contributed by atoms with van der Waals surface area (Å²) < 4.78 is 11.4. The van der Waals surface area contributed by atoms with E-state index in [1.54, 1.807) is 49.6 Å². The Labute approximate surface area is 303 Å². The van der Waals surface area contributed by atoms with E-state index in [0.29, 0.717) is 45.2 Å². The first-order chi connectivity index (χ1) is 23.2. The van der Waals surface area contributed by atoms with Gasteiger partial charge in [-0.25, -0.2) is 10.0 Å². The molecule has 258 valence electrons. The summed E-state index contributed by atoms with van der Waals surface area (Å²) in [4.78, 5) is 31.0. The first-order valence-electron chi connectivity index (χ1n) is 16.4. The minimum absolute atomic E-state index is 0.0428. The molecule has 2 N–H and O–H groups in total. The fourth-order valence-corrected chi connectivity index (χ4v) is 6.52.